The fourth-order valence-electron chi connectivity index (χ4n) is 1.59. The largest absolute Gasteiger partial charge is 0.507 e. The lowest BCUT2D eigenvalue weighted by molar-refractivity contribution is 0.477. The lowest BCUT2D eigenvalue weighted by Gasteiger charge is -2.05. The Morgan fingerprint density at radius 1 is 1.35 bits per heavy atom. The number of nitrogens with zero attached hydrogens (tertiary/aromatic N) is 1. The van der Waals surface area contributed by atoms with E-state index in [2.05, 4.69) is 9.97 Å². The number of benzene rings is 1. The Hall–Kier alpha value is -2.14. The minimum absolute atomic E-state index is 0.101. The Morgan fingerprint density at radius 2 is 2.12 bits per heavy atom. The van der Waals surface area contributed by atoms with E-state index in [9.17, 15) is 9.90 Å². The van der Waals surface area contributed by atoms with Crippen LogP contribution >= 0.6 is 0 Å². The first-order valence-corrected chi connectivity index (χ1v) is 5.29. The molecule has 1 aromatic heterocycles. The van der Waals surface area contributed by atoms with Crippen LogP contribution in [0.1, 0.15) is 5.82 Å². The molecular formula is C12H13N3O2. The van der Waals surface area contributed by atoms with Crippen molar-refractivity contribution >= 4 is 0 Å². The summed E-state index contributed by atoms with van der Waals surface area (Å²) in [5.41, 5.74) is 6.16. The van der Waals surface area contributed by atoms with Crippen LogP contribution in [0.4, 0.5) is 0 Å². The van der Waals surface area contributed by atoms with Gasteiger partial charge in [-0.25, -0.2) is 4.98 Å². The van der Waals surface area contributed by atoms with E-state index in [4.69, 9.17) is 5.73 Å². The fourth-order valence-corrected chi connectivity index (χ4v) is 1.59. The summed E-state index contributed by atoms with van der Waals surface area (Å²) >= 11 is 0. The minimum Gasteiger partial charge on any atom is -0.507 e. The molecule has 5 heteroatoms. The van der Waals surface area contributed by atoms with Crippen molar-refractivity contribution in [3.8, 4) is 17.0 Å². The molecule has 2 aromatic rings. The van der Waals surface area contributed by atoms with Gasteiger partial charge < -0.3 is 15.8 Å². The molecule has 88 valence electrons. The zero-order valence-electron chi connectivity index (χ0n) is 9.18. The number of nitrogens with one attached hydrogen (secondary N) is 1. The van der Waals surface area contributed by atoms with E-state index in [1.807, 2.05) is 0 Å². The first-order chi connectivity index (χ1) is 8.20. The molecule has 5 nitrogen and oxygen atoms in total. The van der Waals surface area contributed by atoms with Crippen molar-refractivity contribution in [2.75, 3.05) is 6.54 Å². The van der Waals surface area contributed by atoms with Gasteiger partial charge in [-0.3, -0.25) is 4.79 Å². The van der Waals surface area contributed by atoms with E-state index in [0.717, 1.165) is 0 Å². The second-order valence-corrected chi connectivity index (χ2v) is 3.63. The summed E-state index contributed by atoms with van der Waals surface area (Å²) in [6.07, 6.45) is 0.497. The van der Waals surface area contributed by atoms with Gasteiger partial charge in [0.2, 0.25) is 0 Å². The van der Waals surface area contributed by atoms with E-state index < -0.39 is 0 Å². The van der Waals surface area contributed by atoms with Crippen LogP contribution in [0.2, 0.25) is 0 Å². The third kappa shape index (κ3) is 2.51. The van der Waals surface area contributed by atoms with Gasteiger partial charge in [0.05, 0.1) is 5.69 Å². The molecule has 0 radical (unpaired) electrons. The maximum absolute atomic E-state index is 11.5. The predicted octanol–water partition coefficient (Wildman–Crippen LogP) is 0.644. The van der Waals surface area contributed by atoms with Gasteiger partial charge in [0.25, 0.3) is 5.56 Å². The highest BCUT2D eigenvalue weighted by atomic mass is 16.3. The van der Waals surface area contributed by atoms with E-state index >= 15 is 0 Å². The number of aromatic amines is 1. The smallest absolute Gasteiger partial charge is 0.251 e. The van der Waals surface area contributed by atoms with Gasteiger partial charge in [-0.1, -0.05) is 12.1 Å². The molecule has 0 saturated heterocycles. The summed E-state index contributed by atoms with van der Waals surface area (Å²) < 4.78 is 0. The first-order valence-electron chi connectivity index (χ1n) is 5.29. The molecule has 1 heterocycles. The molecule has 0 aliphatic carbocycles. The monoisotopic (exact) mass is 231 g/mol. The number of nitrogens with two attached hydrogens (primary N) is 1. The molecule has 0 atom stereocenters. The molecule has 17 heavy (non-hydrogen) atoms. The van der Waals surface area contributed by atoms with E-state index in [1.165, 1.54) is 6.07 Å². The van der Waals surface area contributed by atoms with Crippen LogP contribution in [-0.2, 0) is 6.42 Å². The molecule has 0 unspecified atom stereocenters. The molecule has 0 aliphatic rings. The summed E-state index contributed by atoms with van der Waals surface area (Å²) in [6.45, 7) is 0.410. The molecular weight excluding hydrogens is 218 g/mol. The summed E-state index contributed by atoms with van der Waals surface area (Å²) in [5.74, 6) is 0.627. The fraction of sp³-hybridized carbons (Fsp3) is 0.167. The van der Waals surface area contributed by atoms with Crippen LogP contribution in [0.3, 0.4) is 0 Å². The van der Waals surface area contributed by atoms with Gasteiger partial charge in [-0.05, 0) is 18.7 Å². The standard InChI is InChI=1S/C12H13N3O2/c13-6-5-11-14-9(7-12(17)15-11)8-3-1-2-4-10(8)16/h1-4,7,16H,5-6,13H2,(H,14,15,17). The average Bonchev–Trinajstić information content (AvgIpc) is 2.29. The van der Waals surface area contributed by atoms with Gasteiger partial charge in [0, 0.05) is 18.1 Å². The van der Waals surface area contributed by atoms with Crippen molar-refractivity contribution < 1.29 is 5.11 Å². The minimum atomic E-state index is -0.248. The van der Waals surface area contributed by atoms with Crippen LogP contribution < -0.4 is 11.3 Å². The quantitative estimate of drug-likeness (QED) is 0.723. The summed E-state index contributed by atoms with van der Waals surface area (Å²) in [7, 11) is 0. The van der Waals surface area contributed by atoms with E-state index in [0.29, 0.717) is 30.0 Å². The van der Waals surface area contributed by atoms with E-state index in [-0.39, 0.29) is 11.3 Å². The number of hydrogen-bond donors (Lipinski definition) is 3. The SMILES string of the molecule is NCCc1nc(-c2ccccc2O)cc(=O)[nH]1. The van der Waals surface area contributed by atoms with Crippen LogP contribution in [-0.4, -0.2) is 21.6 Å². The average molecular weight is 231 g/mol. The maximum atomic E-state index is 11.5. The highest BCUT2D eigenvalue weighted by molar-refractivity contribution is 5.66. The van der Waals surface area contributed by atoms with E-state index in [1.54, 1.807) is 24.3 Å². The summed E-state index contributed by atoms with van der Waals surface area (Å²) in [4.78, 5) is 18.3. The number of phenolic OH excluding ortho intramolecular Hbond substituents is 1. The molecule has 0 saturated carbocycles. The maximum Gasteiger partial charge on any atom is 0.251 e. The number of aromatic hydroxyl groups is 1. The summed E-state index contributed by atoms with van der Waals surface area (Å²) in [6, 6.07) is 8.12. The van der Waals surface area contributed by atoms with Gasteiger partial charge in [0.15, 0.2) is 0 Å². The van der Waals surface area contributed by atoms with Crippen molar-refractivity contribution in [1.82, 2.24) is 9.97 Å². The number of phenols is 1. The Morgan fingerprint density at radius 3 is 2.82 bits per heavy atom. The zero-order valence-corrected chi connectivity index (χ0v) is 9.18. The van der Waals surface area contributed by atoms with Crippen LogP contribution in [0.25, 0.3) is 11.3 Å². The van der Waals surface area contributed by atoms with Crippen LogP contribution in [0.5, 0.6) is 5.75 Å². The van der Waals surface area contributed by atoms with Gasteiger partial charge >= 0.3 is 0 Å². The number of aromatic nitrogens is 2. The molecule has 0 amide bonds. The normalized spacial score (nSPS) is 10.4. The van der Waals surface area contributed by atoms with Crippen LogP contribution in [0, 0.1) is 0 Å². The molecule has 0 aliphatic heterocycles. The second-order valence-electron chi connectivity index (χ2n) is 3.63. The number of H-pyrrole nitrogens is 1. The van der Waals surface area contributed by atoms with Crippen LogP contribution in [0.15, 0.2) is 35.1 Å². The van der Waals surface area contributed by atoms with Crippen molar-refractivity contribution in [3.63, 3.8) is 0 Å². The van der Waals surface area contributed by atoms with Crippen molar-refractivity contribution in [2.45, 2.75) is 6.42 Å². The third-order valence-corrected chi connectivity index (χ3v) is 2.35. The second kappa shape index (κ2) is 4.80. The number of rotatable bonds is 3. The Labute approximate surface area is 98.0 Å². The number of para-hydroxylation sites is 1. The Balaban J connectivity index is 2.52. The molecule has 0 spiro atoms. The van der Waals surface area contributed by atoms with Crippen molar-refractivity contribution in [2.24, 2.45) is 5.73 Å². The lowest BCUT2D eigenvalue weighted by Crippen LogP contribution is -2.14. The third-order valence-electron chi connectivity index (χ3n) is 2.35. The van der Waals surface area contributed by atoms with Crippen molar-refractivity contribution in [1.29, 1.82) is 0 Å². The van der Waals surface area contributed by atoms with Gasteiger partial charge in [-0.2, -0.15) is 0 Å². The first kappa shape index (κ1) is 11.3. The predicted molar refractivity (Wildman–Crippen MR) is 64.7 cm³/mol. The highest BCUT2D eigenvalue weighted by Crippen LogP contribution is 2.25. The number of hydrogen-bond acceptors (Lipinski definition) is 4. The van der Waals surface area contributed by atoms with Gasteiger partial charge in [-0.15, -0.1) is 0 Å². The molecule has 2 rings (SSSR count). The molecule has 0 bridgehead atoms. The topological polar surface area (TPSA) is 92.0 Å². The van der Waals surface area contributed by atoms with Crippen molar-refractivity contribution in [3.05, 3.63) is 46.5 Å². The Kier molecular flexibility index (Phi) is 3.20. The molecule has 4 N–H and O–H groups in total. The lowest BCUT2D eigenvalue weighted by atomic mass is 10.1. The zero-order chi connectivity index (χ0) is 12.3. The molecule has 0 fully saturated rings. The highest BCUT2D eigenvalue weighted by Gasteiger charge is 2.07. The molecule has 1 aromatic carbocycles. The Bertz CT molecular complexity index is 578. The van der Waals surface area contributed by atoms with Gasteiger partial charge in [0.1, 0.15) is 11.6 Å². The summed E-state index contributed by atoms with van der Waals surface area (Å²) in [5, 5.41) is 9.70.